The predicted octanol–water partition coefficient (Wildman–Crippen LogP) is 0.149. The maximum atomic E-state index is 12.1. The first kappa shape index (κ1) is 18.1. The van der Waals surface area contributed by atoms with Gasteiger partial charge in [-0.3, -0.25) is 19.2 Å². The van der Waals surface area contributed by atoms with Gasteiger partial charge in [-0.25, -0.2) is 0 Å². The van der Waals surface area contributed by atoms with Crippen LogP contribution in [-0.4, -0.2) is 36.9 Å². The van der Waals surface area contributed by atoms with Crippen molar-refractivity contribution in [1.29, 1.82) is 0 Å². The van der Waals surface area contributed by atoms with Crippen LogP contribution in [0.5, 0.6) is 5.75 Å². The van der Waals surface area contributed by atoms with Crippen LogP contribution in [0.1, 0.15) is 30.1 Å². The zero-order chi connectivity index (χ0) is 17.4. The monoisotopic (exact) mass is 322 g/mol. The third kappa shape index (κ3) is 6.16. The number of methoxy groups -OCH3 is 1. The molecule has 8 heteroatoms. The number of esters is 2. The SMILES string of the molecule is COC(=O)CC[C@@H](NC(=O)c1cccc(OC(C)=O)c1)C(N)=O. The van der Waals surface area contributed by atoms with Crippen LogP contribution >= 0.6 is 0 Å². The third-order valence-electron chi connectivity index (χ3n) is 2.87. The molecule has 1 atom stereocenters. The molecule has 124 valence electrons. The summed E-state index contributed by atoms with van der Waals surface area (Å²) in [5, 5.41) is 2.43. The molecule has 1 aromatic rings. The van der Waals surface area contributed by atoms with Crippen molar-refractivity contribution in [2.75, 3.05) is 7.11 Å². The molecule has 3 N–H and O–H groups in total. The van der Waals surface area contributed by atoms with Gasteiger partial charge in [0.05, 0.1) is 7.11 Å². The van der Waals surface area contributed by atoms with E-state index in [0.717, 1.165) is 0 Å². The molecule has 0 aliphatic heterocycles. The summed E-state index contributed by atoms with van der Waals surface area (Å²) in [6, 6.07) is 4.87. The first-order chi connectivity index (χ1) is 10.8. The molecule has 0 saturated heterocycles. The Labute approximate surface area is 132 Å². The number of hydrogen-bond acceptors (Lipinski definition) is 6. The van der Waals surface area contributed by atoms with Crippen LogP contribution in [0.25, 0.3) is 0 Å². The molecule has 0 saturated carbocycles. The Bertz CT molecular complexity index is 614. The van der Waals surface area contributed by atoms with E-state index in [9.17, 15) is 19.2 Å². The molecule has 2 amide bonds. The molecule has 0 heterocycles. The second kappa shape index (κ2) is 8.52. The summed E-state index contributed by atoms with van der Waals surface area (Å²) in [6.45, 7) is 1.24. The zero-order valence-electron chi connectivity index (χ0n) is 12.8. The highest BCUT2D eigenvalue weighted by Gasteiger charge is 2.20. The van der Waals surface area contributed by atoms with Gasteiger partial charge in [0.25, 0.3) is 5.91 Å². The van der Waals surface area contributed by atoms with Gasteiger partial charge in [0.15, 0.2) is 0 Å². The van der Waals surface area contributed by atoms with Crippen molar-refractivity contribution in [3.05, 3.63) is 29.8 Å². The van der Waals surface area contributed by atoms with Crippen LogP contribution in [0.15, 0.2) is 24.3 Å². The van der Waals surface area contributed by atoms with E-state index in [1.807, 2.05) is 0 Å². The Morgan fingerprint density at radius 1 is 1.26 bits per heavy atom. The highest BCUT2D eigenvalue weighted by Crippen LogP contribution is 2.14. The van der Waals surface area contributed by atoms with Gasteiger partial charge in [0.1, 0.15) is 11.8 Å². The summed E-state index contributed by atoms with van der Waals surface area (Å²) in [4.78, 5) is 45.5. The van der Waals surface area contributed by atoms with Gasteiger partial charge in [-0.2, -0.15) is 0 Å². The fourth-order valence-electron chi connectivity index (χ4n) is 1.76. The Kier molecular flexibility index (Phi) is 6.72. The van der Waals surface area contributed by atoms with Gasteiger partial charge in [-0.15, -0.1) is 0 Å². The van der Waals surface area contributed by atoms with Crippen LogP contribution in [0.2, 0.25) is 0 Å². The number of nitrogens with two attached hydrogens (primary N) is 1. The summed E-state index contributed by atoms with van der Waals surface area (Å²) in [5.74, 6) is -2.17. The average molecular weight is 322 g/mol. The van der Waals surface area contributed by atoms with Gasteiger partial charge >= 0.3 is 11.9 Å². The first-order valence-electron chi connectivity index (χ1n) is 6.79. The second-order valence-electron chi connectivity index (χ2n) is 4.66. The van der Waals surface area contributed by atoms with E-state index in [0.29, 0.717) is 0 Å². The third-order valence-corrected chi connectivity index (χ3v) is 2.87. The normalized spacial score (nSPS) is 11.2. The summed E-state index contributed by atoms with van der Waals surface area (Å²) >= 11 is 0. The number of primary amides is 1. The van der Waals surface area contributed by atoms with E-state index in [1.165, 1.54) is 38.3 Å². The number of carbonyl (C=O) groups is 4. The number of benzene rings is 1. The molecule has 0 aromatic heterocycles. The van der Waals surface area contributed by atoms with E-state index < -0.39 is 29.8 Å². The summed E-state index contributed by atoms with van der Waals surface area (Å²) in [6.07, 6.45) is -0.0325. The molecule has 1 rings (SSSR count). The second-order valence-corrected chi connectivity index (χ2v) is 4.66. The van der Waals surface area contributed by atoms with Crippen LogP contribution < -0.4 is 15.8 Å². The molecule has 0 radical (unpaired) electrons. The molecule has 0 spiro atoms. The van der Waals surface area contributed by atoms with Gasteiger partial charge in [0, 0.05) is 18.9 Å². The van der Waals surface area contributed by atoms with Gasteiger partial charge in [-0.1, -0.05) is 6.07 Å². The van der Waals surface area contributed by atoms with Crippen LogP contribution in [0, 0.1) is 0 Å². The lowest BCUT2D eigenvalue weighted by Crippen LogP contribution is -2.44. The van der Waals surface area contributed by atoms with Crippen LogP contribution in [-0.2, 0) is 19.1 Å². The van der Waals surface area contributed by atoms with Crippen molar-refractivity contribution in [3.8, 4) is 5.75 Å². The molecule has 0 bridgehead atoms. The summed E-state index contributed by atoms with van der Waals surface area (Å²) in [5.41, 5.74) is 5.40. The molecule has 23 heavy (non-hydrogen) atoms. The number of carbonyl (C=O) groups excluding carboxylic acids is 4. The van der Waals surface area contributed by atoms with E-state index in [2.05, 4.69) is 10.1 Å². The number of nitrogens with one attached hydrogen (secondary N) is 1. The lowest BCUT2D eigenvalue weighted by atomic mass is 10.1. The Morgan fingerprint density at radius 2 is 1.96 bits per heavy atom. The topological polar surface area (TPSA) is 125 Å². The van der Waals surface area contributed by atoms with E-state index in [1.54, 1.807) is 0 Å². The van der Waals surface area contributed by atoms with Crippen molar-refractivity contribution in [2.45, 2.75) is 25.8 Å². The standard InChI is InChI=1S/C15H18N2O6/c1-9(18)23-11-5-3-4-10(8-11)15(21)17-12(14(16)20)6-7-13(19)22-2/h3-5,8,12H,6-7H2,1-2H3,(H2,16,20)(H,17,21)/t12-/m1/s1. The van der Waals surface area contributed by atoms with Crippen molar-refractivity contribution >= 4 is 23.8 Å². The highest BCUT2D eigenvalue weighted by molar-refractivity contribution is 5.97. The minimum atomic E-state index is -1.01. The van der Waals surface area contributed by atoms with Crippen LogP contribution in [0.4, 0.5) is 0 Å². The Morgan fingerprint density at radius 3 is 2.52 bits per heavy atom. The molecular formula is C15H18N2O6. The minimum Gasteiger partial charge on any atom is -0.469 e. The smallest absolute Gasteiger partial charge is 0.308 e. The van der Waals surface area contributed by atoms with Crippen molar-refractivity contribution in [2.24, 2.45) is 5.73 Å². The molecule has 0 fully saturated rings. The average Bonchev–Trinajstić information content (AvgIpc) is 2.50. The Balaban J connectivity index is 2.76. The van der Waals surface area contributed by atoms with Crippen molar-refractivity contribution in [3.63, 3.8) is 0 Å². The maximum absolute atomic E-state index is 12.1. The molecule has 1 aromatic carbocycles. The minimum absolute atomic E-state index is 0.0252. The van der Waals surface area contributed by atoms with Crippen molar-refractivity contribution < 1.29 is 28.7 Å². The number of ether oxygens (including phenoxy) is 2. The summed E-state index contributed by atoms with van der Waals surface area (Å²) < 4.78 is 9.35. The molecule has 0 unspecified atom stereocenters. The van der Waals surface area contributed by atoms with Gasteiger partial charge in [-0.05, 0) is 24.6 Å². The number of amides is 2. The van der Waals surface area contributed by atoms with Crippen LogP contribution in [0.3, 0.4) is 0 Å². The van der Waals surface area contributed by atoms with Crippen molar-refractivity contribution in [1.82, 2.24) is 5.32 Å². The molecule has 0 aliphatic rings. The Hall–Kier alpha value is -2.90. The fraction of sp³-hybridized carbons (Fsp3) is 0.333. The van der Waals surface area contributed by atoms with E-state index in [-0.39, 0.29) is 24.2 Å². The lowest BCUT2D eigenvalue weighted by Gasteiger charge is -2.15. The summed E-state index contributed by atoms with van der Waals surface area (Å²) in [7, 11) is 1.22. The largest absolute Gasteiger partial charge is 0.469 e. The predicted molar refractivity (Wildman–Crippen MR) is 79.4 cm³/mol. The van der Waals surface area contributed by atoms with Gasteiger partial charge < -0.3 is 20.5 Å². The first-order valence-corrected chi connectivity index (χ1v) is 6.79. The number of hydrogen-bond donors (Lipinski definition) is 2. The molecular weight excluding hydrogens is 304 g/mol. The highest BCUT2D eigenvalue weighted by atomic mass is 16.5. The molecule has 0 aliphatic carbocycles. The molecule has 8 nitrogen and oxygen atoms in total. The number of rotatable bonds is 7. The zero-order valence-corrected chi connectivity index (χ0v) is 12.8. The maximum Gasteiger partial charge on any atom is 0.308 e. The van der Waals surface area contributed by atoms with E-state index >= 15 is 0 Å². The quantitative estimate of drug-likeness (QED) is 0.544. The lowest BCUT2D eigenvalue weighted by molar-refractivity contribution is -0.141. The van der Waals surface area contributed by atoms with Gasteiger partial charge in [0.2, 0.25) is 5.91 Å². The van der Waals surface area contributed by atoms with E-state index in [4.69, 9.17) is 10.5 Å². The fourth-order valence-corrected chi connectivity index (χ4v) is 1.76.